The Kier molecular flexibility index (Phi) is 7.71. The third kappa shape index (κ3) is 4.65. The first-order valence-corrected chi connectivity index (χ1v) is 12.8. The number of piperidine rings is 3. The van der Waals surface area contributed by atoms with E-state index in [1.165, 1.54) is 11.3 Å². The summed E-state index contributed by atoms with van der Waals surface area (Å²) < 4.78 is 6.30. The topological polar surface area (TPSA) is 101 Å². The number of fused-ring (bicyclic) bond motifs is 3. The highest BCUT2D eigenvalue weighted by Crippen LogP contribution is 2.44. The summed E-state index contributed by atoms with van der Waals surface area (Å²) in [7, 11) is 0. The molecule has 4 aliphatic rings. The molecule has 0 spiro atoms. The first-order valence-electron chi connectivity index (χ1n) is 11.9. The number of esters is 1. The summed E-state index contributed by atoms with van der Waals surface area (Å²) in [6.45, 7) is 1.85. The van der Waals surface area contributed by atoms with E-state index in [1.807, 2.05) is 17.5 Å². The molecule has 2 amide bonds. The van der Waals surface area contributed by atoms with E-state index in [0.717, 1.165) is 44.9 Å². The molecule has 10 heteroatoms. The van der Waals surface area contributed by atoms with Crippen molar-refractivity contribution in [2.24, 2.45) is 11.8 Å². The molecule has 34 heavy (non-hydrogen) atoms. The van der Waals surface area contributed by atoms with Crippen LogP contribution in [0.3, 0.4) is 0 Å². The number of nitrogens with zero attached hydrogens (tertiary/aromatic N) is 3. The van der Waals surface area contributed by atoms with Gasteiger partial charge in [0.15, 0.2) is 17.5 Å². The summed E-state index contributed by atoms with van der Waals surface area (Å²) in [6, 6.07) is 7.00. The van der Waals surface area contributed by atoms with Crippen LogP contribution in [-0.2, 0) is 15.1 Å². The van der Waals surface area contributed by atoms with Crippen molar-refractivity contribution in [1.29, 1.82) is 0 Å². The SMILES string of the molecule is O=C(O[C@H]1C[N+]2(C(=O)Nc3cccnn3)CCC1CC2)C(O)(c1cccs1)C1CCCCC1.[Br-]. The molecule has 0 radical (unpaired) electrons. The number of rotatable bonds is 5. The highest BCUT2D eigenvalue weighted by atomic mass is 79.9. The molecule has 2 aromatic rings. The summed E-state index contributed by atoms with van der Waals surface area (Å²) in [5.74, 6) is -0.0533. The molecule has 2 N–H and O–H groups in total. The van der Waals surface area contributed by atoms with Crippen LogP contribution >= 0.6 is 11.3 Å². The van der Waals surface area contributed by atoms with Crippen LogP contribution in [0, 0.1) is 11.8 Å². The Labute approximate surface area is 214 Å². The van der Waals surface area contributed by atoms with Crippen molar-refractivity contribution >= 4 is 29.2 Å². The van der Waals surface area contributed by atoms with Gasteiger partial charge in [-0.2, -0.15) is 5.10 Å². The zero-order valence-corrected chi connectivity index (χ0v) is 21.5. The van der Waals surface area contributed by atoms with Gasteiger partial charge in [0.05, 0.1) is 13.1 Å². The Morgan fingerprint density at radius 3 is 2.53 bits per heavy atom. The van der Waals surface area contributed by atoms with E-state index in [2.05, 4.69) is 15.5 Å². The molecule has 1 unspecified atom stereocenters. The Morgan fingerprint density at radius 1 is 1.12 bits per heavy atom. The number of ether oxygens (including phenoxy) is 1. The minimum atomic E-state index is -1.62. The first kappa shape index (κ1) is 25.2. The van der Waals surface area contributed by atoms with Crippen LogP contribution in [0.15, 0.2) is 35.8 Å². The maximum absolute atomic E-state index is 13.6. The van der Waals surface area contributed by atoms with Crippen LogP contribution in [0.1, 0.15) is 49.8 Å². The number of carbonyl (C=O) groups excluding carboxylic acids is 2. The number of hydrogen-bond donors (Lipinski definition) is 2. The fourth-order valence-electron chi connectivity index (χ4n) is 5.86. The lowest BCUT2D eigenvalue weighted by molar-refractivity contribution is -0.869. The van der Waals surface area contributed by atoms with Gasteiger partial charge >= 0.3 is 12.0 Å². The monoisotopic (exact) mass is 550 g/mol. The van der Waals surface area contributed by atoms with Crippen molar-refractivity contribution < 1.29 is 40.9 Å². The number of urea groups is 1. The van der Waals surface area contributed by atoms with Crippen LogP contribution in [-0.4, -0.2) is 57.5 Å². The molecule has 184 valence electrons. The van der Waals surface area contributed by atoms with E-state index in [4.69, 9.17) is 4.74 Å². The molecule has 3 saturated heterocycles. The van der Waals surface area contributed by atoms with Gasteiger partial charge in [-0.05, 0) is 36.4 Å². The average Bonchev–Trinajstić information content (AvgIpc) is 3.41. The Balaban J connectivity index is 0.00000274. The van der Waals surface area contributed by atoms with E-state index in [1.54, 1.807) is 18.3 Å². The Morgan fingerprint density at radius 2 is 1.88 bits per heavy atom. The predicted octanol–water partition coefficient (Wildman–Crippen LogP) is 0.694. The van der Waals surface area contributed by atoms with Gasteiger partial charge in [-0.1, -0.05) is 25.3 Å². The number of quaternary nitrogens is 1. The number of aliphatic hydroxyl groups is 1. The molecule has 3 aliphatic heterocycles. The van der Waals surface area contributed by atoms with Gasteiger partial charge in [0, 0.05) is 35.8 Å². The molecule has 4 fully saturated rings. The number of thiophene rings is 1. The molecule has 1 aliphatic carbocycles. The number of aromatic nitrogens is 2. The molecule has 2 atom stereocenters. The third-order valence-electron chi connectivity index (χ3n) is 7.81. The number of carbonyl (C=O) groups is 2. The molecular formula is C24H31BrN4O4S. The van der Waals surface area contributed by atoms with Gasteiger partial charge in [0.25, 0.3) is 0 Å². The van der Waals surface area contributed by atoms with Crippen molar-refractivity contribution in [3.05, 3.63) is 40.7 Å². The fraction of sp³-hybridized carbons (Fsp3) is 0.583. The van der Waals surface area contributed by atoms with E-state index < -0.39 is 11.6 Å². The maximum atomic E-state index is 13.6. The molecule has 6 rings (SSSR count). The van der Waals surface area contributed by atoms with Gasteiger partial charge in [0.2, 0.25) is 0 Å². The molecule has 0 aromatic carbocycles. The van der Waals surface area contributed by atoms with Crippen LogP contribution in [0.25, 0.3) is 0 Å². The lowest BCUT2D eigenvalue weighted by Crippen LogP contribution is -3.00. The van der Waals surface area contributed by atoms with E-state index >= 15 is 0 Å². The lowest BCUT2D eigenvalue weighted by atomic mass is 9.76. The zero-order valence-electron chi connectivity index (χ0n) is 19.1. The van der Waals surface area contributed by atoms with Crippen molar-refractivity contribution in [1.82, 2.24) is 10.2 Å². The lowest BCUT2D eigenvalue weighted by Gasteiger charge is -2.50. The first-order chi connectivity index (χ1) is 16.0. The van der Waals surface area contributed by atoms with Gasteiger partial charge in [-0.25, -0.2) is 14.1 Å². The molecule has 8 nitrogen and oxygen atoms in total. The van der Waals surface area contributed by atoms with E-state index in [-0.39, 0.29) is 45.4 Å². The largest absolute Gasteiger partial charge is 1.00 e. The van der Waals surface area contributed by atoms with Gasteiger partial charge in [-0.3, -0.25) is 5.32 Å². The molecule has 2 bridgehead atoms. The number of amides is 2. The van der Waals surface area contributed by atoms with Crippen molar-refractivity contribution in [2.45, 2.75) is 56.7 Å². The van der Waals surface area contributed by atoms with Gasteiger partial charge < -0.3 is 26.8 Å². The second kappa shape index (κ2) is 10.4. The summed E-state index contributed by atoms with van der Waals surface area (Å²) in [6.07, 6.45) is 7.60. The second-order valence-corrected chi connectivity index (χ2v) is 10.6. The predicted molar refractivity (Wildman–Crippen MR) is 123 cm³/mol. The smallest absolute Gasteiger partial charge is 0.422 e. The summed E-state index contributed by atoms with van der Waals surface area (Å²) in [5.41, 5.74) is -1.62. The quantitative estimate of drug-likeness (QED) is 0.419. The zero-order chi connectivity index (χ0) is 22.9. The number of nitrogens with one attached hydrogen (secondary N) is 1. The second-order valence-electron chi connectivity index (χ2n) is 9.67. The number of halogens is 1. The standard InChI is InChI=1S/C24H30N4O4S.BrH/c29-22(24(31,20-8-5-15-33-20)18-6-2-1-3-7-18)32-19-16-28(13-10-17(19)11-14-28)23(30)26-21-9-4-12-25-27-21;/h4-5,8-9,12,15,17-19,31H,1-3,6-7,10-11,13-14,16H2;1H/t17?,19-,24?,28?;/m0./s1. The van der Waals surface area contributed by atoms with E-state index in [9.17, 15) is 14.7 Å². The maximum Gasteiger partial charge on any atom is 0.422 e. The molecule has 5 heterocycles. The van der Waals surface area contributed by atoms with Crippen LogP contribution < -0.4 is 22.3 Å². The Hall–Kier alpha value is -1.88. The van der Waals surface area contributed by atoms with Gasteiger partial charge in [-0.15, -0.1) is 16.4 Å². The molecule has 1 saturated carbocycles. The summed E-state index contributed by atoms with van der Waals surface area (Å²) in [5, 5.41) is 24.3. The van der Waals surface area contributed by atoms with Crippen molar-refractivity contribution in [2.75, 3.05) is 25.0 Å². The van der Waals surface area contributed by atoms with Crippen LogP contribution in [0.2, 0.25) is 0 Å². The normalized spacial score (nSPS) is 28.4. The number of hydrogen-bond acceptors (Lipinski definition) is 7. The van der Waals surface area contributed by atoms with Crippen molar-refractivity contribution in [3.63, 3.8) is 0 Å². The fourth-order valence-corrected chi connectivity index (χ4v) is 6.75. The Bertz CT molecular complexity index is 978. The molecule has 2 aromatic heterocycles. The summed E-state index contributed by atoms with van der Waals surface area (Å²) >= 11 is 1.40. The van der Waals surface area contributed by atoms with E-state index in [0.29, 0.717) is 30.3 Å². The average molecular weight is 552 g/mol. The third-order valence-corrected chi connectivity index (χ3v) is 8.81. The van der Waals surface area contributed by atoms with Crippen molar-refractivity contribution in [3.8, 4) is 0 Å². The summed E-state index contributed by atoms with van der Waals surface area (Å²) in [4.78, 5) is 27.5. The van der Waals surface area contributed by atoms with Gasteiger partial charge in [0.1, 0.15) is 6.54 Å². The molecular weight excluding hydrogens is 520 g/mol. The van der Waals surface area contributed by atoms with Crippen LogP contribution in [0.4, 0.5) is 10.6 Å². The minimum absolute atomic E-state index is 0. The minimum Gasteiger partial charge on any atom is -1.00 e. The highest BCUT2D eigenvalue weighted by Gasteiger charge is 2.55. The number of anilines is 1. The van der Waals surface area contributed by atoms with Crippen LogP contribution in [0.5, 0.6) is 0 Å². The highest BCUT2D eigenvalue weighted by molar-refractivity contribution is 7.10.